The summed E-state index contributed by atoms with van der Waals surface area (Å²) >= 11 is 6.81. The number of nitrogens with zero attached hydrogens (tertiary/aromatic N) is 2. The molecule has 1 heterocycles. The molecular weight excluding hydrogens is 398 g/mol. The van der Waals surface area contributed by atoms with E-state index in [1.807, 2.05) is 31.2 Å². The molecule has 26 heavy (non-hydrogen) atoms. The number of aryl methyl sites for hydroxylation is 1. The number of sulfonamides is 1. The van der Waals surface area contributed by atoms with Crippen LogP contribution in [-0.2, 0) is 10.0 Å². The molecule has 0 atom stereocenters. The zero-order valence-electron chi connectivity index (χ0n) is 13.3. The molecule has 0 amide bonds. The maximum absolute atomic E-state index is 12.5. The van der Waals surface area contributed by atoms with E-state index in [-0.39, 0.29) is 10.2 Å². The predicted molar refractivity (Wildman–Crippen MR) is 101 cm³/mol. The van der Waals surface area contributed by atoms with Crippen molar-refractivity contribution in [3.05, 3.63) is 68.5 Å². The Labute approximate surface area is 158 Å². The first kappa shape index (κ1) is 18.3. The Morgan fingerprint density at radius 1 is 1.19 bits per heavy atom. The quantitative estimate of drug-likeness (QED) is 0.494. The van der Waals surface area contributed by atoms with Crippen LogP contribution >= 0.6 is 22.9 Å². The van der Waals surface area contributed by atoms with Gasteiger partial charge in [0, 0.05) is 22.0 Å². The number of rotatable bonds is 5. The van der Waals surface area contributed by atoms with Crippen molar-refractivity contribution in [2.24, 2.45) is 0 Å². The van der Waals surface area contributed by atoms with E-state index in [0.717, 1.165) is 34.6 Å². The lowest BCUT2D eigenvalue weighted by Crippen LogP contribution is -2.14. The predicted octanol–water partition coefficient (Wildman–Crippen LogP) is 4.48. The van der Waals surface area contributed by atoms with E-state index in [2.05, 4.69) is 9.71 Å². The van der Waals surface area contributed by atoms with Crippen LogP contribution in [0, 0.1) is 17.0 Å². The molecule has 134 valence electrons. The Kier molecular flexibility index (Phi) is 4.94. The number of hydrogen-bond donors (Lipinski definition) is 1. The van der Waals surface area contributed by atoms with Gasteiger partial charge in [-0.15, -0.1) is 11.3 Å². The fourth-order valence-corrected chi connectivity index (χ4v) is 4.50. The van der Waals surface area contributed by atoms with Gasteiger partial charge in [-0.25, -0.2) is 13.4 Å². The maximum atomic E-state index is 12.5. The molecule has 7 nitrogen and oxygen atoms in total. The van der Waals surface area contributed by atoms with Crippen LogP contribution in [0.2, 0.25) is 5.02 Å². The molecule has 2 aromatic carbocycles. The van der Waals surface area contributed by atoms with E-state index in [0.29, 0.717) is 5.69 Å². The highest BCUT2D eigenvalue weighted by atomic mass is 35.5. The normalized spacial score (nSPS) is 11.3. The van der Waals surface area contributed by atoms with Gasteiger partial charge in [0.25, 0.3) is 15.7 Å². The standard InChI is InChI=1S/C16H12ClN3O4S2/c1-10-2-4-11(5-3-10)13-9-25-16(18-13)19-26(23,24)15-7-6-12(17)8-14(15)20(21)22/h2-9H,1H3,(H,18,19). The number of hydrogen-bond acceptors (Lipinski definition) is 6. The molecule has 0 saturated heterocycles. The number of halogens is 1. The first-order valence-electron chi connectivity index (χ1n) is 7.25. The molecule has 0 bridgehead atoms. The number of benzene rings is 2. The minimum Gasteiger partial charge on any atom is -0.258 e. The maximum Gasteiger partial charge on any atom is 0.291 e. The third-order valence-electron chi connectivity index (χ3n) is 3.48. The lowest BCUT2D eigenvalue weighted by molar-refractivity contribution is -0.387. The molecule has 3 aromatic rings. The molecule has 0 unspecified atom stereocenters. The van der Waals surface area contributed by atoms with Crippen molar-refractivity contribution in [2.75, 3.05) is 4.72 Å². The van der Waals surface area contributed by atoms with Gasteiger partial charge in [-0.2, -0.15) is 0 Å². The van der Waals surface area contributed by atoms with Crippen molar-refractivity contribution < 1.29 is 13.3 Å². The molecule has 3 rings (SSSR count). The lowest BCUT2D eigenvalue weighted by Gasteiger charge is -2.06. The van der Waals surface area contributed by atoms with Crippen molar-refractivity contribution in [1.82, 2.24) is 4.98 Å². The van der Waals surface area contributed by atoms with Gasteiger partial charge in [-0.1, -0.05) is 41.4 Å². The number of aromatic nitrogens is 1. The largest absolute Gasteiger partial charge is 0.291 e. The van der Waals surface area contributed by atoms with Crippen LogP contribution in [0.1, 0.15) is 5.56 Å². The van der Waals surface area contributed by atoms with E-state index in [1.54, 1.807) is 5.38 Å². The molecule has 0 spiro atoms. The summed E-state index contributed by atoms with van der Waals surface area (Å²) in [4.78, 5) is 14.1. The Morgan fingerprint density at radius 3 is 2.54 bits per heavy atom. The van der Waals surface area contributed by atoms with Crippen LogP contribution in [0.4, 0.5) is 10.8 Å². The first-order valence-corrected chi connectivity index (χ1v) is 10.00. The average molecular weight is 410 g/mol. The smallest absolute Gasteiger partial charge is 0.258 e. The first-order chi connectivity index (χ1) is 12.3. The summed E-state index contributed by atoms with van der Waals surface area (Å²) in [6, 6.07) is 11.0. The summed E-state index contributed by atoms with van der Waals surface area (Å²) in [7, 11) is -4.18. The second kappa shape index (κ2) is 7.02. The van der Waals surface area contributed by atoms with E-state index in [9.17, 15) is 18.5 Å². The van der Waals surface area contributed by atoms with Crippen molar-refractivity contribution >= 4 is 43.8 Å². The summed E-state index contributed by atoms with van der Waals surface area (Å²) < 4.78 is 27.4. The topological polar surface area (TPSA) is 102 Å². The summed E-state index contributed by atoms with van der Waals surface area (Å²) in [5.74, 6) is 0. The van der Waals surface area contributed by atoms with Gasteiger partial charge in [0.1, 0.15) is 0 Å². The Bertz CT molecular complexity index is 1080. The van der Waals surface area contributed by atoms with E-state index < -0.39 is 25.5 Å². The van der Waals surface area contributed by atoms with Crippen LogP contribution in [0.5, 0.6) is 0 Å². The van der Waals surface area contributed by atoms with Crippen LogP contribution in [0.25, 0.3) is 11.3 Å². The van der Waals surface area contributed by atoms with Gasteiger partial charge in [0.05, 0.1) is 10.6 Å². The SMILES string of the molecule is Cc1ccc(-c2csc(NS(=O)(=O)c3ccc(Cl)cc3[N+](=O)[O-])n2)cc1. The third kappa shape index (κ3) is 3.85. The highest BCUT2D eigenvalue weighted by Crippen LogP contribution is 2.31. The van der Waals surface area contributed by atoms with Crippen molar-refractivity contribution in [2.45, 2.75) is 11.8 Å². The zero-order valence-corrected chi connectivity index (χ0v) is 15.7. The number of nitrogens with one attached hydrogen (secondary N) is 1. The minimum atomic E-state index is -4.18. The van der Waals surface area contributed by atoms with Crippen LogP contribution in [0.3, 0.4) is 0 Å². The fraction of sp³-hybridized carbons (Fsp3) is 0.0625. The molecule has 0 radical (unpaired) electrons. The van der Waals surface area contributed by atoms with E-state index in [1.165, 1.54) is 6.07 Å². The van der Waals surface area contributed by atoms with Crippen molar-refractivity contribution in [3.8, 4) is 11.3 Å². The molecular formula is C16H12ClN3O4S2. The van der Waals surface area contributed by atoms with Crippen molar-refractivity contribution in [3.63, 3.8) is 0 Å². The fourth-order valence-electron chi connectivity index (χ4n) is 2.21. The molecule has 0 fully saturated rings. The molecule has 0 saturated carbocycles. The molecule has 10 heteroatoms. The summed E-state index contributed by atoms with van der Waals surface area (Å²) in [5, 5.41) is 13.0. The monoisotopic (exact) mass is 409 g/mol. The Morgan fingerprint density at radius 2 is 1.88 bits per heavy atom. The lowest BCUT2D eigenvalue weighted by atomic mass is 10.1. The average Bonchev–Trinajstić information content (AvgIpc) is 3.02. The highest BCUT2D eigenvalue weighted by Gasteiger charge is 2.27. The highest BCUT2D eigenvalue weighted by molar-refractivity contribution is 7.93. The summed E-state index contributed by atoms with van der Waals surface area (Å²) in [5.41, 5.74) is 1.95. The summed E-state index contributed by atoms with van der Waals surface area (Å²) in [6.45, 7) is 1.96. The van der Waals surface area contributed by atoms with E-state index in [4.69, 9.17) is 11.6 Å². The van der Waals surface area contributed by atoms with Gasteiger partial charge in [-0.05, 0) is 19.1 Å². The van der Waals surface area contributed by atoms with Gasteiger partial charge in [-0.3, -0.25) is 14.8 Å². The third-order valence-corrected chi connectivity index (χ3v) is 5.99. The van der Waals surface area contributed by atoms with Gasteiger partial charge >= 0.3 is 0 Å². The Hall–Kier alpha value is -2.49. The van der Waals surface area contributed by atoms with Gasteiger partial charge in [0.15, 0.2) is 10.0 Å². The molecule has 0 aliphatic rings. The van der Waals surface area contributed by atoms with Crippen LogP contribution in [-0.4, -0.2) is 18.3 Å². The second-order valence-corrected chi connectivity index (χ2v) is 8.32. The number of nitro groups is 1. The van der Waals surface area contributed by atoms with Crippen molar-refractivity contribution in [1.29, 1.82) is 0 Å². The molecule has 0 aliphatic carbocycles. The number of thiazole rings is 1. The molecule has 1 N–H and O–H groups in total. The number of nitro benzene ring substituents is 1. The van der Waals surface area contributed by atoms with Crippen LogP contribution in [0.15, 0.2) is 52.7 Å². The van der Waals surface area contributed by atoms with Gasteiger partial charge in [0.2, 0.25) is 0 Å². The summed E-state index contributed by atoms with van der Waals surface area (Å²) in [6.07, 6.45) is 0. The van der Waals surface area contributed by atoms with Gasteiger partial charge < -0.3 is 0 Å². The zero-order chi connectivity index (χ0) is 18.9. The second-order valence-electron chi connectivity index (χ2n) is 5.38. The minimum absolute atomic E-state index is 0.0755. The number of anilines is 1. The Balaban J connectivity index is 1.92. The van der Waals surface area contributed by atoms with Crippen LogP contribution < -0.4 is 4.72 Å². The molecule has 1 aromatic heterocycles. The van der Waals surface area contributed by atoms with E-state index >= 15 is 0 Å². The molecule has 0 aliphatic heterocycles.